The fraction of sp³-hybridized carbons (Fsp3) is 0.881. The Hall–Kier alpha value is -1.92. The van der Waals surface area contributed by atoms with E-state index in [1.165, 1.54) is 276 Å². The average Bonchev–Trinajstić information content (AvgIpc) is 3.39. The number of rotatable bonds is 61. The van der Waals surface area contributed by atoms with Crippen LogP contribution in [0.5, 0.6) is 0 Å². The van der Waals surface area contributed by atoms with E-state index in [1.807, 2.05) is 6.08 Å². The quantitative estimate of drug-likeness (QED) is 0.0320. The SMILES string of the molecule is CCCCCCCCC/C=C\CCCCCCCCCC(=O)OCCCCCCCCCCCC/C=C\CCCCCCCCCC(=O)NC(CO)C(O)/C=C/CCCCCCCCCCCCCCCCC. The first kappa shape index (κ1) is 71.1. The number of carbonyl (C=O) groups excluding carboxylic acids is 2. The molecule has 2 unspecified atom stereocenters. The highest BCUT2D eigenvalue weighted by Gasteiger charge is 2.18. The molecule has 0 aromatic heterocycles. The largest absolute Gasteiger partial charge is 0.466 e. The lowest BCUT2D eigenvalue weighted by Crippen LogP contribution is -2.45. The minimum absolute atomic E-state index is 0.00496. The van der Waals surface area contributed by atoms with Crippen molar-refractivity contribution in [3.05, 3.63) is 36.5 Å². The van der Waals surface area contributed by atoms with Crippen molar-refractivity contribution in [3.8, 4) is 0 Å². The monoisotopic (exact) mass is 1030 g/mol. The van der Waals surface area contributed by atoms with E-state index in [4.69, 9.17) is 4.74 Å². The van der Waals surface area contributed by atoms with Crippen LogP contribution in [0.1, 0.15) is 354 Å². The fourth-order valence-corrected chi connectivity index (χ4v) is 10.1. The van der Waals surface area contributed by atoms with Crippen LogP contribution in [-0.2, 0) is 14.3 Å². The van der Waals surface area contributed by atoms with Crippen LogP contribution >= 0.6 is 0 Å². The first-order valence-corrected chi connectivity index (χ1v) is 32.8. The second-order valence-corrected chi connectivity index (χ2v) is 22.4. The van der Waals surface area contributed by atoms with Crippen molar-refractivity contribution in [2.75, 3.05) is 13.2 Å². The van der Waals surface area contributed by atoms with E-state index in [-0.39, 0.29) is 18.5 Å². The van der Waals surface area contributed by atoms with Crippen molar-refractivity contribution in [3.63, 3.8) is 0 Å². The molecule has 0 aromatic rings. The third kappa shape index (κ3) is 59.2. The number of amides is 1. The van der Waals surface area contributed by atoms with E-state index in [9.17, 15) is 19.8 Å². The smallest absolute Gasteiger partial charge is 0.305 e. The standard InChI is InChI=1S/C67H127NO5/c1-3-5-7-9-11-13-15-17-19-21-29-33-37-41-45-49-53-57-61-67(72)73-62-58-54-50-46-42-38-34-30-26-24-22-23-25-28-32-36-40-44-48-52-56-60-66(71)68-64(63-69)65(70)59-55-51-47-43-39-35-31-27-20-18-16-14-12-10-8-6-4-2/h19,21,23,25,55,59,64-65,69-70H,3-18,20,22,24,26-54,56-58,60-63H2,1-2H3,(H,68,71)/b21-19-,25-23-,59-55+. The zero-order valence-electron chi connectivity index (χ0n) is 49.1. The number of unbranched alkanes of at least 4 members (excludes halogenated alkanes) is 46. The second-order valence-electron chi connectivity index (χ2n) is 22.4. The summed E-state index contributed by atoms with van der Waals surface area (Å²) < 4.78 is 5.49. The summed E-state index contributed by atoms with van der Waals surface area (Å²) in [6.07, 6.45) is 79.1. The van der Waals surface area contributed by atoms with Gasteiger partial charge in [0.2, 0.25) is 5.91 Å². The molecule has 0 saturated heterocycles. The van der Waals surface area contributed by atoms with Gasteiger partial charge in [0.15, 0.2) is 0 Å². The van der Waals surface area contributed by atoms with Crippen molar-refractivity contribution in [1.29, 1.82) is 0 Å². The van der Waals surface area contributed by atoms with E-state index in [2.05, 4.69) is 43.5 Å². The van der Waals surface area contributed by atoms with Crippen LogP contribution in [0.25, 0.3) is 0 Å². The van der Waals surface area contributed by atoms with Gasteiger partial charge in [-0.2, -0.15) is 0 Å². The molecular weight excluding hydrogens is 899 g/mol. The van der Waals surface area contributed by atoms with Crippen LogP contribution in [-0.4, -0.2) is 47.4 Å². The molecule has 1 amide bonds. The lowest BCUT2D eigenvalue weighted by atomic mass is 10.0. The van der Waals surface area contributed by atoms with Crippen molar-refractivity contribution < 1.29 is 24.5 Å². The van der Waals surface area contributed by atoms with E-state index in [0.717, 1.165) is 51.4 Å². The third-order valence-electron chi connectivity index (χ3n) is 15.1. The van der Waals surface area contributed by atoms with Gasteiger partial charge < -0.3 is 20.3 Å². The number of ether oxygens (including phenoxy) is 1. The highest BCUT2D eigenvalue weighted by Crippen LogP contribution is 2.17. The summed E-state index contributed by atoms with van der Waals surface area (Å²) in [6, 6.07) is -0.634. The summed E-state index contributed by atoms with van der Waals surface area (Å²) in [7, 11) is 0. The molecule has 73 heavy (non-hydrogen) atoms. The normalized spacial score (nSPS) is 12.8. The lowest BCUT2D eigenvalue weighted by Gasteiger charge is -2.20. The van der Waals surface area contributed by atoms with Crippen LogP contribution < -0.4 is 5.32 Å². The van der Waals surface area contributed by atoms with Crippen LogP contribution in [0.2, 0.25) is 0 Å². The molecule has 0 aliphatic carbocycles. The predicted molar refractivity (Wildman–Crippen MR) is 319 cm³/mol. The highest BCUT2D eigenvalue weighted by atomic mass is 16.5. The fourth-order valence-electron chi connectivity index (χ4n) is 10.1. The van der Waals surface area contributed by atoms with Gasteiger partial charge in [0.05, 0.1) is 25.4 Å². The number of nitrogens with one attached hydrogen (secondary N) is 1. The maximum Gasteiger partial charge on any atom is 0.305 e. The van der Waals surface area contributed by atoms with Crippen LogP contribution in [0.4, 0.5) is 0 Å². The molecule has 0 fully saturated rings. The number of hydrogen-bond donors (Lipinski definition) is 3. The van der Waals surface area contributed by atoms with Gasteiger partial charge in [-0.3, -0.25) is 9.59 Å². The topological polar surface area (TPSA) is 95.9 Å². The van der Waals surface area contributed by atoms with Crippen molar-refractivity contribution in [2.24, 2.45) is 0 Å². The zero-order chi connectivity index (χ0) is 52.9. The molecule has 6 heteroatoms. The number of carbonyl (C=O) groups is 2. The zero-order valence-corrected chi connectivity index (χ0v) is 49.1. The van der Waals surface area contributed by atoms with Crippen molar-refractivity contribution in [2.45, 2.75) is 366 Å². The van der Waals surface area contributed by atoms with Gasteiger partial charge in [0.1, 0.15) is 0 Å². The summed E-state index contributed by atoms with van der Waals surface area (Å²) >= 11 is 0. The first-order valence-electron chi connectivity index (χ1n) is 32.8. The maximum atomic E-state index is 12.5. The van der Waals surface area contributed by atoms with Gasteiger partial charge in [-0.15, -0.1) is 0 Å². The molecule has 0 saturated carbocycles. The summed E-state index contributed by atoms with van der Waals surface area (Å²) in [4.78, 5) is 24.6. The molecule has 0 heterocycles. The Morgan fingerprint density at radius 3 is 0.973 bits per heavy atom. The molecule has 0 aliphatic rings. The number of allylic oxidation sites excluding steroid dienone is 5. The molecule has 0 spiro atoms. The van der Waals surface area contributed by atoms with Gasteiger partial charge in [-0.1, -0.05) is 294 Å². The Morgan fingerprint density at radius 2 is 0.644 bits per heavy atom. The minimum Gasteiger partial charge on any atom is -0.466 e. The van der Waals surface area contributed by atoms with Crippen LogP contribution in [0.3, 0.4) is 0 Å². The number of aliphatic hydroxyl groups excluding tert-OH is 2. The molecule has 0 aliphatic heterocycles. The molecule has 0 aromatic carbocycles. The van der Waals surface area contributed by atoms with E-state index in [1.54, 1.807) is 6.08 Å². The molecule has 6 nitrogen and oxygen atoms in total. The average molecular weight is 1030 g/mol. The lowest BCUT2D eigenvalue weighted by molar-refractivity contribution is -0.143. The Bertz CT molecular complexity index is 1180. The summed E-state index contributed by atoms with van der Waals surface area (Å²) in [6.45, 7) is 4.91. The first-order chi connectivity index (χ1) is 36.0. The summed E-state index contributed by atoms with van der Waals surface area (Å²) in [5.74, 6) is -0.0689. The van der Waals surface area contributed by atoms with Crippen molar-refractivity contribution in [1.82, 2.24) is 5.32 Å². The van der Waals surface area contributed by atoms with E-state index < -0.39 is 12.1 Å². The van der Waals surface area contributed by atoms with Gasteiger partial charge in [0.25, 0.3) is 0 Å². The Morgan fingerprint density at radius 1 is 0.370 bits per heavy atom. The van der Waals surface area contributed by atoms with Gasteiger partial charge in [-0.25, -0.2) is 0 Å². The van der Waals surface area contributed by atoms with Crippen LogP contribution in [0, 0.1) is 0 Å². The van der Waals surface area contributed by atoms with E-state index in [0.29, 0.717) is 19.4 Å². The highest BCUT2D eigenvalue weighted by molar-refractivity contribution is 5.76. The molecule has 0 bridgehead atoms. The Kier molecular flexibility index (Phi) is 61.0. The molecule has 0 rings (SSSR count). The maximum absolute atomic E-state index is 12.5. The Balaban J connectivity index is 3.44. The molecule has 430 valence electrons. The molecule has 2 atom stereocenters. The van der Waals surface area contributed by atoms with Gasteiger partial charge in [-0.05, 0) is 83.5 Å². The summed E-state index contributed by atoms with van der Waals surface area (Å²) in [5, 5.41) is 23.2. The second kappa shape index (κ2) is 62.6. The number of esters is 1. The molecular formula is C67H127NO5. The predicted octanol–water partition coefficient (Wildman–Crippen LogP) is 20.8. The van der Waals surface area contributed by atoms with Crippen LogP contribution in [0.15, 0.2) is 36.5 Å². The number of aliphatic hydroxyl groups is 2. The van der Waals surface area contributed by atoms with Crippen molar-refractivity contribution >= 4 is 11.9 Å². The summed E-state index contributed by atoms with van der Waals surface area (Å²) in [5.41, 5.74) is 0. The minimum atomic E-state index is -0.850. The number of hydrogen-bond acceptors (Lipinski definition) is 5. The molecule has 0 radical (unpaired) electrons. The van der Waals surface area contributed by atoms with Gasteiger partial charge in [0, 0.05) is 12.8 Å². The Labute approximate surface area is 455 Å². The molecule has 3 N–H and O–H groups in total. The third-order valence-corrected chi connectivity index (χ3v) is 15.1. The van der Waals surface area contributed by atoms with E-state index >= 15 is 0 Å². The van der Waals surface area contributed by atoms with Gasteiger partial charge >= 0.3 is 5.97 Å².